The smallest absolute Gasteiger partial charge is 0.435 e. The maximum absolute atomic E-state index is 13.2. The molecule has 25 heavy (non-hydrogen) atoms. The lowest BCUT2D eigenvalue weighted by Gasteiger charge is -2.11. The number of halogens is 3. The lowest BCUT2D eigenvalue weighted by atomic mass is 10.1. The number of hydrogen-bond donors (Lipinski definition) is 1. The Labute approximate surface area is 143 Å². The summed E-state index contributed by atoms with van der Waals surface area (Å²) in [5.41, 5.74) is -1.85. The zero-order chi connectivity index (χ0) is 18.2. The van der Waals surface area contributed by atoms with E-state index in [9.17, 15) is 22.8 Å². The Kier molecular flexibility index (Phi) is 4.17. The molecule has 128 valence electrons. The number of nitrogens with zero attached hydrogens (tertiary/aromatic N) is 2. The second kappa shape index (κ2) is 6.17. The molecule has 3 rings (SSSR count). The van der Waals surface area contributed by atoms with Crippen LogP contribution in [0.2, 0.25) is 0 Å². The van der Waals surface area contributed by atoms with Gasteiger partial charge < -0.3 is 5.11 Å². The van der Waals surface area contributed by atoms with Crippen LogP contribution in [-0.2, 0) is 4.79 Å². The summed E-state index contributed by atoms with van der Waals surface area (Å²) in [6.07, 6.45) is -3.65. The SMILES string of the molecule is O=C(O)c1ccc(N2N=C(C(F)(F)F)C(=Cc3cccs3)C2=O)cc1. The van der Waals surface area contributed by atoms with Crippen LogP contribution in [0.25, 0.3) is 6.08 Å². The van der Waals surface area contributed by atoms with Crippen molar-refractivity contribution in [2.45, 2.75) is 6.18 Å². The largest absolute Gasteiger partial charge is 0.478 e. The predicted molar refractivity (Wildman–Crippen MR) is 86.7 cm³/mol. The molecule has 0 saturated heterocycles. The summed E-state index contributed by atoms with van der Waals surface area (Å²) in [7, 11) is 0. The molecule has 9 heteroatoms. The summed E-state index contributed by atoms with van der Waals surface area (Å²) in [6, 6.07) is 8.08. The van der Waals surface area contributed by atoms with Crippen LogP contribution in [0.1, 0.15) is 15.2 Å². The molecule has 2 heterocycles. The topological polar surface area (TPSA) is 70.0 Å². The molecule has 1 aliphatic heterocycles. The van der Waals surface area contributed by atoms with E-state index in [1.54, 1.807) is 17.5 Å². The van der Waals surface area contributed by atoms with Gasteiger partial charge in [0.25, 0.3) is 5.91 Å². The summed E-state index contributed by atoms with van der Waals surface area (Å²) in [5, 5.41) is 14.6. The Hall–Kier alpha value is -2.94. The maximum Gasteiger partial charge on any atom is 0.435 e. The van der Waals surface area contributed by atoms with Crippen LogP contribution < -0.4 is 5.01 Å². The molecule has 5 nitrogen and oxygen atoms in total. The number of aromatic carboxylic acids is 1. The van der Waals surface area contributed by atoms with Crippen molar-refractivity contribution in [1.29, 1.82) is 0 Å². The number of carboxylic acids is 1. The highest BCUT2D eigenvalue weighted by Gasteiger charge is 2.46. The van der Waals surface area contributed by atoms with Crippen molar-refractivity contribution in [3.8, 4) is 0 Å². The number of alkyl halides is 3. The Morgan fingerprint density at radius 2 is 1.88 bits per heavy atom. The first-order valence-corrected chi connectivity index (χ1v) is 7.74. The Balaban J connectivity index is 2.03. The quantitative estimate of drug-likeness (QED) is 0.840. The van der Waals surface area contributed by atoms with Crippen molar-refractivity contribution >= 4 is 40.7 Å². The minimum Gasteiger partial charge on any atom is -0.478 e. The molecule has 0 radical (unpaired) electrons. The Morgan fingerprint density at radius 3 is 2.40 bits per heavy atom. The van der Waals surface area contributed by atoms with Gasteiger partial charge in [0.1, 0.15) is 0 Å². The average molecular weight is 366 g/mol. The molecule has 1 aromatic carbocycles. The van der Waals surface area contributed by atoms with E-state index >= 15 is 0 Å². The van der Waals surface area contributed by atoms with E-state index in [0.717, 1.165) is 6.08 Å². The second-order valence-corrected chi connectivity index (χ2v) is 5.97. The van der Waals surface area contributed by atoms with Crippen LogP contribution in [0.5, 0.6) is 0 Å². The van der Waals surface area contributed by atoms with Crippen LogP contribution in [0.3, 0.4) is 0 Å². The molecule has 0 fully saturated rings. The normalized spacial score (nSPS) is 16.4. The van der Waals surface area contributed by atoms with E-state index in [4.69, 9.17) is 5.11 Å². The van der Waals surface area contributed by atoms with Gasteiger partial charge >= 0.3 is 12.1 Å². The lowest BCUT2D eigenvalue weighted by Crippen LogP contribution is -2.25. The average Bonchev–Trinajstić information content (AvgIpc) is 3.16. The lowest BCUT2D eigenvalue weighted by molar-refractivity contribution is -0.114. The van der Waals surface area contributed by atoms with Crippen molar-refractivity contribution in [3.63, 3.8) is 0 Å². The van der Waals surface area contributed by atoms with E-state index in [-0.39, 0.29) is 11.3 Å². The van der Waals surface area contributed by atoms with Crippen LogP contribution in [0.4, 0.5) is 18.9 Å². The van der Waals surface area contributed by atoms with Crippen molar-refractivity contribution < 1.29 is 27.9 Å². The minimum atomic E-state index is -4.80. The highest BCUT2D eigenvalue weighted by Crippen LogP contribution is 2.33. The molecule has 0 saturated carbocycles. The Bertz CT molecular complexity index is 884. The van der Waals surface area contributed by atoms with Crippen LogP contribution in [0, 0.1) is 0 Å². The first kappa shape index (κ1) is 16.9. The number of hydrazone groups is 1. The van der Waals surface area contributed by atoms with Crippen LogP contribution >= 0.6 is 11.3 Å². The number of thiophene rings is 1. The highest BCUT2D eigenvalue weighted by atomic mass is 32.1. The Morgan fingerprint density at radius 1 is 1.20 bits per heavy atom. The van der Waals surface area contributed by atoms with Crippen molar-refractivity contribution in [3.05, 3.63) is 57.8 Å². The standard InChI is InChI=1S/C16H9F3N2O3S/c17-16(18,19)13-12(8-11-2-1-7-25-11)14(22)21(20-13)10-5-3-9(4-6-10)15(23)24/h1-8H,(H,23,24). The van der Waals surface area contributed by atoms with E-state index in [0.29, 0.717) is 9.89 Å². The number of carbonyl (C=O) groups is 2. The molecule has 0 bridgehead atoms. The molecule has 1 N–H and O–H groups in total. The van der Waals surface area contributed by atoms with E-state index in [1.165, 1.54) is 35.6 Å². The first-order valence-electron chi connectivity index (χ1n) is 6.86. The van der Waals surface area contributed by atoms with Gasteiger partial charge in [0.15, 0.2) is 5.71 Å². The number of benzene rings is 1. The van der Waals surface area contributed by atoms with Gasteiger partial charge in [0.05, 0.1) is 16.8 Å². The fraction of sp³-hybridized carbons (Fsp3) is 0.0625. The molecule has 2 aromatic rings. The predicted octanol–water partition coefficient (Wildman–Crippen LogP) is 3.79. The monoisotopic (exact) mass is 366 g/mol. The molecule has 0 spiro atoms. The zero-order valence-corrected chi connectivity index (χ0v) is 13.1. The first-order chi connectivity index (χ1) is 11.8. The van der Waals surface area contributed by atoms with Crippen molar-refractivity contribution in [2.75, 3.05) is 5.01 Å². The number of carboxylic acid groups (broad SMARTS) is 1. The third-order valence-corrected chi connectivity index (χ3v) is 4.15. The summed E-state index contributed by atoms with van der Waals surface area (Å²) in [4.78, 5) is 23.8. The third kappa shape index (κ3) is 3.31. The number of anilines is 1. The van der Waals surface area contributed by atoms with Gasteiger partial charge in [0, 0.05) is 4.88 Å². The van der Waals surface area contributed by atoms with E-state index in [2.05, 4.69) is 5.10 Å². The highest BCUT2D eigenvalue weighted by molar-refractivity contribution is 7.10. The fourth-order valence-electron chi connectivity index (χ4n) is 2.19. The van der Waals surface area contributed by atoms with Crippen molar-refractivity contribution in [2.24, 2.45) is 5.10 Å². The summed E-state index contributed by atoms with van der Waals surface area (Å²) in [5.74, 6) is -2.11. The summed E-state index contributed by atoms with van der Waals surface area (Å²) in [6.45, 7) is 0. The molecule has 0 unspecified atom stereocenters. The van der Waals surface area contributed by atoms with Gasteiger partial charge in [0.2, 0.25) is 0 Å². The molecular weight excluding hydrogens is 357 g/mol. The molecular formula is C16H9F3N2O3S. The molecule has 1 aromatic heterocycles. The summed E-state index contributed by atoms with van der Waals surface area (Å²) >= 11 is 1.19. The number of hydrogen-bond acceptors (Lipinski definition) is 4. The molecule has 1 aliphatic rings. The van der Waals surface area contributed by atoms with Crippen molar-refractivity contribution in [1.82, 2.24) is 0 Å². The molecule has 0 atom stereocenters. The maximum atomic E-state index is 13.2. The van der Waals surface area contributed by atoms with Gasteiger partial charge in [-0.15, -0.1) is 11.3 Å². The van der Waals surface area contributed by atoms with E-state index < -0.39 is 29.3 Å². The second-order valence-electron chi connectivity index (χ2n) is 4.99. The number of amides is 1. The van der Waals surface area contributed by atoms with Gasteiger partial charge in [-0.25, -0.2) is 4.79 Å². The molecule has 1 amide bonds. The van der Waals surface area contributed by atoms with Gasteiger partial charge in [-0.3, -0.25) is 4.79 Å². The fourth-order valence-corrected chi connectivity index (χ4v) is 2.85. The zero-order valence-electron chi connectivity index (χ0n) is 12.3. The van der Waals surface area contributed by atoms with Gasteiger partial charge in [-0.2, -0.15) is 23.3 Å². The number of carbonyl (C=O) groups excluding carboxylic acids is 1. The van der Waals surface area contributed by atoms with E-state index in [1.807, 2.05) is 0 Å². The van der Waals surface area contributed by atoms with Crippen LogP contribution in [-0.4, -0.2) is 28.9 Å². The molecule has 0 aliphatic carbocycles. The number of rotatable bonds is 3. The van der Waals surface area contributed by atoms with Crippen LogP contribution in [0.15, 0.2) is 52.5 Å². The van der Waals surface area contributed by atoms with Gasteiger partial charge in [-0.1, -0.05) is 6.07 Å². The minimum absolute atomic E-state index is 0.0475. The summed E-state index contributed by atoms with van der Waals surface area (Å²) < 4.78 is 39.7. The third-order valence-electron chi connectivity index (χ3n) is 3.34. The van der Waals surface area contributed by atoms with Gasteiger partial charge in [-0.05, 0) is 41.8 Å².